The van der Waals surface area contributed by atoms with E-state index in [1.807, 2.05) is 5.38 Å². The van der Waals surface area contributed by atoms with Crippen LogP contribution in [0, 0.1) is 0 Å². The van der Waals surface area contributed by atoms with Gasteiger partial charge in [-0.05, 0) is 12.1 Å². The van der Waals surface area contributed by atoms with E-state index < -0.39 is 0 Å². The van der Waals surface area contributed by atoms with E-state index in [2.05, 4.69) is 24.1 Å². The Balaban J connectivity index is 1.97. The second kappa shape index (κ2) is 7.97. The van der Waals surface area contributed by atoms with E-state index in [-0.39, 0.29) is 5.91 Å². The van der Waals surface area contributed by atoms with Gasteiger partial charge in [0.25, 0.3) is 5.91 Å². The predicted octanol–water partition coefficient (Wildman–Crippen LogP) is 3.26. The Hall–Kier alpha value is -2.08. The van der Waals surface area contributed by atoms with Crippen LogP contribution in [0.25, 0.3) is 0 Å². The molecule has 1 N–H and O–H groups in total. The van der Waals surface area contributed by atoms with Crippen LogP contribution in [0.5, 0.6) is 11.5 Å². The molecule has 2 aromatic rings. The summed E-state index contributed by atoms with van der Waals surface area (Å²) < 4.78 is 10.5. The fourth-order valence-electron chi connectivity index (χ4n) is 2.17. The lowest BCUT2D eigenvalue weighted by molar-refractivity contribution is 0.0950. The number of rotatable bonds is 7. The first-order chi connectivity index (χ1) is 11.1. The zero-order chi connectivity index (χ0) is 16.8. The number of aromatic nitrogens is 1. The average molecular weight is 334 g/mol. The molecule has 5 nitrogen and oxygen atoms in total. The van der Waals surface area contributed by atoms with Crippen LogP contribution in [0.2, 0.25) is 0 Å². The molecule has 23 heavy (non-hydrogen) atoms. The fraction of sp³-hybridized carbons (Fsp3) is 0.412. The maximum atomic E-state index is 12.3. The highest BCUT2D eigenvalue weighted by atomic mass is 32.1. The number of nitrogens with one attached hydrogen (secondary N) is 1. The third-order valence-electron chi connectivity index (χ3n) is 3.38. The van der Waals surface area contributed by atoms with Crippen molar-refractivity contribution in [3.63, 3.8) is 0 Å². The highest BCUT2D eigenvalue weighted by Gasteiger charge is 2.16. The number of thiazole rings is 1. The molecule has 0 saturated carbocycles. The van der Waals surface area contributed by atoms with Crippen molar-refractivity contribution in [2.24, 2.45) is 0 Å². The van der Waals surface area contributed by atoms with E-state index in [1.54, 1.807) is 36.6 Å². The molecule has 0 aliphatic rings. The highest BCUT2D eigenvalue weighted by Crippen LogP contribution is 2.30. The number of amides is 1. The van der Waals surface area contributed by atoms with Gasteiger partial charge in [-0.2, -0.15) is 0 Å². The summed E-state index contributed by atoms with van der Waals surface area (Å²) in [6, 6.07) is 5.25. The molecule has 0 spiro atoms. The van der Waals surface area contributed by atoms with Gasteiger partial charge in [-0.3, -0.25) is 4.79 Å². The van der Waals surface area contributed by atoms with Gasteiger partial charge in [-0.1, -0.05) is 19.9 Å². The third-order valence-corrected chi connectivity index (χ3v) is 4.57. The minimum atomic E-state index is -0.180. The molecule has 1 amide bonds. The molecule has 124 valence electrons. The van der Waals surface area contributed by atoms with Crippen molar-refractivity contribution in [1.29, 1.82) is 0 Å². The number of benzene rings is 1. The first-order valence-electron chi connectivity index (χ1n) is 7.50. The van der Waals surface area contributed by atoms with Gasteiger partial charge in [-0.25, -0.2) is 4.98 Å². The van der Waals surface area contributed by atoms with Crippen LogP contribution < -0.4 is 14.8 Å². The van der Waals surface area contributed by atoms with E-state index in [0.29, 0.717) is 35.9 Å². The topological polar surface area (TPSA) is 60.5 Å². The molecule has 0 aliphatic heterocycles. The Morgan fingerprint density at radius 1 is 1.30 bits per heavy atom. The third kappa shape index (κ3) is 4.22. The Kier molecular flexibility index (Phi) is 5.98. The summed E-state index contributed by atoms with van der Waals surface area (Å²) in [6.07, 6.45) is 0.710. The van der Waals surface area contributed by atoms with Crippen molar-refractivity contribution < 1.29 is 14.3 Å². The first kappa shape index (κ1) is 17.3. The molecule has 1 aromatic heterocycles. The van der Waals surface area contributed by atoms with Crippen LogP contribution in [0.3, 0.4) is 0 Å². The maximum Gasteiger partial charge on any atom is 0.255 e. The summed E-state index contributed by atoms with van der Waals surface area (Å²) in [5.41, 5.74) is 1.48. The Labute approximate surface area is 140 Å². The molecule has 0 unspecified atom stereocenters. The van der Waals surface area contributed by atoms with Crippen molar-refractivity contribution in [3.8, 4) is 11.5 Å². The molecule has 1 aromatic carbocycles. The molecule has 0 fully saturated rings. The maximum absolute atomic E-state index is 12.3. The van der Waals surface area contributed by atoms with Crippen LogP contribution in [0.4, 0.5) is 0 Å². The Bertz CT molecular complexity index is 668. The monoisotopic (exact) mass is 334 g/mol. The van der Waals surface area contributed by atoms with Crippen LogP contribution in [0.1, 0.15) is 40.8 Å². The standard InChI is InChI=1S/C17H22N2O3S/c1-11(2)17-19-12(10-23-17)8-9-18-16(20)13-6-5-7-14(21-3)15(13)22-4/h5-7,10-11H,8-9H2,1-4H3,(H,18,20). The van der Waals surface area contributed by atoms with E-state index >= 15 is 0 Å². The lowest BCUT2D eigenvalue weighted by atomic mass is 10.1. The number of para-hydroxylation sites is 1. The van der Waals surface area contributed by atoms with E-state index in [1.165, 1.54) is 7.11 Å². The summed E-state index contributed by atoms with van der Waals surface area (Å²) in [5, 5.41) is 6.08. The van der Waals surface area contributed by atoms with Gasteiger partial charge in [0.15, 0.2) is 11.5 Å². The minimum Gasteiger partial charge on any atom is -0.493 e. The van der Waals surface area contributed by atoms with Gasteiger partial charge < -0.3 is 14.8 Å². The van der Waals surface area contributed by atoms with Crippen molar-refractivity contribution >= 4 is 17.2 Å². The molecule has 1 heterocycles. The number of methoxy groups -OCH3 is 2. The van der Waals surface area contributed by atoms with Crippen molar-refractivity contribution in [1.82, 2.24) is 10.3 Å². The zero-order valence-electron chi connectivity index (χ0n) is 13.9. The van der Waals surface area contributed by atoms with Gasteiger partial charge in [0.05, 0.1) is 30.5 Å². The SMILES string of the molecule is COc1cccc(C(=O)NCCc2csc(C(C)C)n2)c1OC. The average Bonchev–Trinajstić information content (AvgIpc) is 3.03. The number of carbonyl (C=O) groups is 1. The number of hydrogen-bond donors (Lipinski definition) is 1. The van der Waals surface area contributed by atoms with Crippen molar-refractivity contribution in [2.45, 2.75) is 26.2 Å². The van der Waals surface area contributed by atoms with Crippen LogP contribution in [-0.4, -0.2) is 31.7 Å². The van der Waals surface area contributed by atoms with Gasteiger partial charge in [-0.15, -0.1) is 11.3 Å². The lowest BCUT2D eigenvalue weighted by Crippen LogP contribution is -2.26. The van der Waals surface area contributed by atoms with Crippen molar-refractivity contribution in [2.75, 3.05) is 20.8 Å². The molecule has 0 radical (unpaired) electrons. The fourth-order valence-corrected chi connectivity index (χ4v) is 3.04. The summed E-state index contributed by atoms with van der Waals surface area (Å²) in [6.45, 7) is 4.78. The van der Waals surface area contributed by atoms with Crippen LogP contribution in [-0.2, 0) is 6.42 Å². The largest absolute Gasteiger partial charge is 0.493 e. The number of hydrogen-bond acceptors (Lipinski definition) is 5. The van der Waals surface area contributed by atoms with Gasteiger partial charge in [0, 0.05) is 24.3 Å². The van der Waals surface area contributed by atoms with E-state index in [4.69, 9.17) is 9.47 Å². The van der Waals surface area contributed by atoms with Crippen LogP contribution >= 0.6 is 11.3 Å². The second-order valence-corrected chi connectivity index (χ2v) is 6.27. The number of nitrogens with zero attached hydrogens (tertiary/aromatic N) is 1. The molecule has 6 heteroatoms. The van der Waals surface area contributed by atoms with Crippen molar-refractivity contribution in [3.05, 3.63) is 39.8 Å². The smallest absolute Gasteiger partial charge is 0.255 e. The van der Waals surface area contributed by atoms with E-state index in [0.717, 1.165) is 10.7 Å². The molecule has 0 aliphatic carbocycles. The zero-order valence-corrected chi connectivity index (χ0v) is 14.7. The summed E-state index contributed by atoms with van der Waals surface area (Å²) in [5.74, 6) is 1.24. The number of carbonyl (C=O) groups excluding carboxylic acids is 1. The highest BCUT2D eigenvalue weighted by molar-refractivity contribution is 7.09. The Morgan fingerprint density at radius 3 is 2.70 bits per heavy atom. The first-order valence-corrected chi connectivity index (χ1v) is 8.38. The van der Waals surface area contributed by atoms with Gasteiger partial charge in [0.1, 0.15) is 0 Å². The predicted molar refractivity (Wildman–Crippen MR) is 91.8 cm³/mol. The lowest BCUT2D eigenvalue weighted by Gasteiger charge is -2.12. The molecule has 2 rings (SSSR count). The normalized spacial score (nSPS) is 10.7. The quantitative estimate of drug-likeness (QED) is 0.844. The van der Waals surface area contributed by atoms with E-state index in [9.17, 15) is 4.79 Å². The Morgan fingerprint density at radius 2 is 2.09 bits per heavy atom. The molecule has 0 saturated heterocycles. The molecular formula is C17H22N2O3S. The summed E-state index contributed by atoms with van der Waals surface area (Å²) in [7, 11) is 3.07. The molecular weight excluding hydrogens is 312 g/mol. The molecule has 0 bridgehead atoms. The second-order valence-electron chi connectivity index (χ2n) is 5.38. The molecule has 0 atom stereocenters. The summed E-state index contributed by atoms with van der Waals surface area (Å²) >= 11 is 1.66. The van der Waals surface area contributed by atoms with Crippen LogP contribution in [0.15, 0.2) is 23.6 Å². The minimum absolute atomic E-state index is 0.180. The summed E-state index contributed by atoms with van der Waals surface area (Å²) in [4.78, 5) is 16.9. The number of ether oxygens (including phenoxy) is 2. The van der Waals surface area contributed by atoms with Gasteiger partial charge in [0.2, 0.25) is 0 Å². The van der Waals surface area contributed by atoms with Gasteiger partial charge >= 0.3 is 0 Å².